The van der Waals surface area contributed by atoms with Crippen molar-refractivity contribution in [2.24, 2.45) is 0 Å². The zero-order valence-corrected chi connectivity index (χ0v) is 15.2. The van der Waals surface area contributed by atoms with Gasteiger partial charge in [0, 0.05) is 29.8 Å². The first-order valence-electron chi connectivity index (χ1n) is 8.52. The molecule has 1 amide bonds. The van der Waals surface area contributed by atoms with Crippen LogP contribution in [0.2, 0.25) is 0 Å². The summed E-state index contributed by atoms with van der Waals surface area (Å²) in [4.78, 5) is 25.1. The van der Waals surface area contributed by atoms with Crippen LogP contribution in [0.3, 0.4) is 0 Å². The van der Waals surface area contributed by atoms with E-state index in [0.29, 0.717) is 28.7 Å². The second kappa shape index (κ2) is 7.31. The Labute approximate surface area is 160 Å². The molecule has 0 radical (unpaired) electrons. The van der Waals surface area contributed by atoms with Gasteiger partial charge in [0.1, 0.15) is 35.1 Å². The predicted molar refractivity (Wildman–Crippen MR) is 103 cm³/mol. The lowest BCUT2D eigenvalue weighted by Gasteiger charge is -2.10. The fourth-order valence-corrected chi connectivity index (χ4v) is 2.64. The summed E-state index contributed by atoms with van der Waals surface area (Å²) in [5.74, 6) is 2.23. The molecule has 140 valence electrons. The van der Waals surface area contributed by atoms with Crippen LogP contribution >= 0.6 is 0 Å². The fourth-order valence-electron chi connectivity index (χ4n) is 2.64. The van der Waals surface area contributed by atoms with Crippen LogP contribution in [0.15, 0.2) is 59.8 Å². The van der Waals surface area contributed by atoms with Crippen molar-refractivity contribution in [1.29, 1.82) is 0 Å². The van der Waals surface area contributed by atoms with E-state index in [9.17, 15) is 4.79 Å². The van der Waals surface area contributed by atoms with Gasteiger partial charge in [-0.2, -0.15) is 0 Å². The van der Waals surface area contributed by atoms with Crippen molar-refractivity contribution < 1.29 is 9.32 Å². The molecule has 28 heavy (non-hydrogen) atoms. The zero-order chi connectivity index (χ0) is 19.5. The molecule has 2 N–H and O–H groups in total. The van der Waals surface area contributed by atoms with Crippen molar-refractivity contribution >= 4 is 23.1 Å². The number of nitrogens with zero attached hydrogens (tertiary/aromatic N) is 5. The second-order valence-electron chi connectivity index (χ2n) is 6.08. The molecule has 1 aromatic carbocycles. The van der Waals surface area contributed by atoms with Crippen molar-refractivity contribution in [3.8, 4) is 5.82 Å². The summed E-state index contributed by atoms with van der Waals surface area (Å²) in [6.45, 7) is 3.52. The van der Waals surface area contributed by atoms with Gasteiger partial charge in [0.2, 0.25) is 0 Å². The molecule has 0 fully saturated rings. The lowest BCUT2D eigenvalue weighted by Crippen LogP contribution is -2.12. The largest absolute Gasteiger partial charge is 0.361 e. The average molecular weight is 375 g/mol. The third-order valence-electron chi connectivity index (χ3n) is 4.00. The molecule has 0 saturated heterocycles. The fraction of sp³-hybridized carbons (Fsp3) is 0.105. The molecule has 4 rings (SSSR count). The summed E-state index contributed by atoms with van der Waals surface area (Å²) in [5, 5.41) is 9.67. The maximum atomic E-state index is 12.2. The molecule has 0 aliphatic carbocycles. The predicted octanol–water partition coefficient (Wildman–Crippen LogP) is 3.26. The van der Waals surface area contributed by atoms with Gasteiger partial charge in [-0.3, -0.25) is 9.36 Å². The summed E-state index contributed by atoms with van der Waals surface area (Å²) < 4.78 is 6.73. The van der Waals surface area contributed by atoms with Gasteiger partial charge in [-0.25, -0.2) is 15.0 Å². The average Bonchev–Trinajstić information content (AvgIpc) is 3.34. The second-order valence-corrected chi connectivity index (χ2v) is 6.08. The van der Waals surface area contributed by atoms with Crippen LogP contribution in [-0.4, -0.2) is 30.6 Å². The molecular formula is C19H17N7O2. The third kappa shape index (κ3) is 3.73. The summed E-state index contributed by atoms with van der Waals surface area (Å²) >= 11 is 0. The number of nitrogens with one attached hydrogen (secondary N) is 2. The van der Waals surface area contributed by atoms with Gasteiger partial charge in [0.05, 0.1) is 6.20 Å². The molecule has 3 heterocycles. The first-order valence-corrected chi connectivity index (χ1v) is 8.52. The zero-order valence-electron chi connectivity index (χ0n) is 15.2. The van der Waals surface area contributed by atoms with Crippen molar-refractivity contribution in [1.82, 2.24) is 24.7 Å². The van der Waals surface area contributed by atoms with E-state index in [1.54, 1.807) is 31.6 Å². The molecule has 4 aromatic rings. The summed E-state index contributed by atoms with van der Waals surface area (Å²) in [6, 6.07) is 9.13. The Morgan fingerprint density at radius 3 is 2.57 bits per heavy atom. The molecule has 0 aliphatic rings. The molecule has 0 saturated carbocycles. The smallest absolute Gasteiger partial charge is 0.260 e. The normalized spacial score (nSPS) is 10.6. The Bertz CT molecular complexity index is 1100. The molecule has 0 aliphatic heterocycles. The van der Waals surface area contributed by atoms with Crippen LogP contribution in [0.4, 0.5) is 17.2 Å². The Morgan fingerprint density at radius 2 is 1.89 bits per heavy atom. The van der Waals surface area contributed by atoms with E-state index in [1.807, 2.05) is 35.9 Å². The number of aromatic nitrogens is 5. The van der Waals surface area contributed by atoms with Gasteiger partial charge >= 0.3 is 0 Å². The van der Waals surface area contributed by atoms with Crippen LogP contribution in [0.25, 0.3) is 5.82 Å². The monoisotopic (exact) mass is 375 g/mol. The number of amides is 1. The van der Waals surface area contributed by atoms with Crippen molar-refractivity contribution in [3.63, 3.8) is 0 Å². The lowest BCUT2D eigenvalue weighted by molar-refractivity contribution is 0.102. The van der Waals surface area contributed by atoms with E-state index < -0.39 is 0 Å². The number of carbonyl (C=O) groups is 1. The van der Waals surface area contributed by atoms with Crippen molar-refractivity contribution in [2.45, 2.75) is 13.8 Å². The number of aryl methyl sites for hydroxylation is 2. The summed E-state index contributed by atoms with van der Waals surface area (Å²) in [7, 11) is 0. The minimum absolute atomic E-state index is 0.268. The van der Waals surface area contributed by atoms with Gasteiger partial charge in [0.25, 0.3) is 5.91 Å². The van der Waals surface area contributed by atoms with Gasteiger partial charge in [0.15, 0.2) is 0 Å². The molecule has 0 unspecified atom stereocenters. The van der Waals surface area contributed by atoms with E-state index in [2.05, 4.69) is 30.7 Å². The van der Waals surface area contributed by atoms with Crippen LogP contribution in [0.5, 0.6) is 0 Å². The quantitative estimate of drug-likeness (QED) is 0.551. The van der Waals surface area contributed by atoms with Gasteiger partial charge in [-0.1, -0.05) is 5.16 Å². The third-order valence-corrected chi connectivity index (χ3v) is 4.00. The van der Waals surface area contributed by atoms with Crippen molar-refractivity contribution in [3.05, 3.63) is 72.4 Å². The highest BCUT2D eigenvalue weighted by Crippen LogP contribution is 2.20. The highest BCUT2D eigenvalue weighted by Gasteiger charge is 2.13. The van der Waals surface area contributed by atoms with Crippen molar-refractivity contribution in [2.75, 3.05) is 10.6 Å². The number of imidazole rings is 1. The molecule has 9 heteroatoms. The number of carbonyl (C=O) groups excluding carboxylic acids is 1. The van der Waals surface area contributed by atoms with E-state index in [-0.39, 0.29) is 5.91 Å². The number of hydrogen-bond acceptors (Lipinski definition) is 7. The number of anilines is 3. The maximum absolute atomic E-state index is 12.2. The van der Waals surface area contributed by atoms with Crippen LogP contribution in [0, 0.1) is 13.8 Å². The molecule has 0 spiro atoms. The first-order chi connectivity index (χ1) is 13.6. The molecule has 9 nitrogen and oxygen atoms in total. The topological polar surface area (TPSA) is 111 Å². The minimum atomic E-state index is -0.268. The lowest BCUT2D eigenvalue weighted by atomic mass is 10.2. The molecule has 3 aromatic heterocycles. The SMILES string of the molecule is Cc1nc(Nc2ccc(NC(=O)c3cnoc3C)cc2)cc(-n2ccnc2)n1. The first kappa shape index (κ1) is 17.4. The van der Waals surface area contributed by atoms with Gasteiger partial charge in [-0.15, -0.1) is 0 Å². The molecule has 0 atom stereocenters. The van der Waals surface area contributed by atoms with E-state index in [4.69, 9.17) is 4.52 Å². The molecular weight excluding hydrogens is 358 g/mol. The van der Waals surface area contributed by atoms with Gasteiger partial charge < -0.3 is 15.2 Å². The molecule has 0 bridgehead atoms. The number of rotatable bonds is 5. The van der Waals surface area contributed by atoms with E-state index in [0.717, 1.165) is 11.5 Å². The van der Waals surface area contributed by atoms with Crippen LogP contribution in [0.1, 0.15) is 21.9 Å². The van der Waals surface area contributed by atoms with E-state index >= 15 is 0 Å². The maximum Gasteiger partial charge on any atom is 0.260 e. The highest BCUT2D eigenvalue weighted by molar-refractivity contribution is 6.04. The summed E-state index contributed by atoms with van der Waals surface area (Å²) in [6.07, 6.45) is 6.59. The van der Waals surface area contributed by atoms with Crippen LogP contribution in [-0.2, 0) is 0 Å². The van der Waals surface area contributed by atoms with E-state index in [1.165, 1.54) is 6.20 Å². The number of benzene rings is 1. The Balaban J connectivity index is 1.48. The Kier molecular flexibility index (Phi) is 4.55. The minimum Gasteiger partial charge on any atom is -0.361 e. The summed E-state index contributed by atoms with van der Waals surface area (Å²) in [5.41, 5.74) is 1.90. The van der Waals surface area contributed by atoms with Crippen LogP contribution < -0.4 is 10.6 Å². The standard InChI is InChI=1S/C19H17N7O2/c1-12-16(10-21-28-12)19(27)25-15-5-3-14(4-6-15)24-17-9-18(23-13(2)22-17)26-8-7-20-11-26/h3-11H,1-2H3,(H,25,27)(H,22,23,24). The Morgan fingerprint density at radius 1 is 1.11 bits per heavy atom. The highest BCUT2D eigenvalue weighted by atomic mass is 16.5. The Hall–Kier alpha value is -4.01. The van der Waals surface area contributed by atoms with Gasteiger partial charge in [-0.05, 0) is 38.1 Å². The number of hydrogen-bond donors (Lipinski definition) is 2.